The van der Waals surface area contributed by atoms with E-state index in [2.05, 4.69) is 12.2 Å². The van der Waals surface area contributed by atoms with E-state index in [1.165, 1.54) is 11.8 Å². The maximum atomic E-state index is 14.0. The number of benzene rings is 2. The Morgan fingerprint density at radius 1 is 1.11 bits per heavy atom. The first-order valence-electron chi connectivity index (χ1n) is 6.51. The summed E-state index contributed by atoms with van der Waals surface area (Å²) >= 11 is 1.46. The molecule has 2 aromatic carbocycles. The van der Waals surface area contributed by atoms with Crippen LogP contribution in [0.5, 0.6) is 0 Å². The maximum absolute atomic E-state index is 14.0. The summed E-state index contributed by atoms with van der Waals surface area (Å²) < 4.78 is 14.0. The SMILES string of the molecule is CCCNCc1ccc(Sc2ccccc2)c(F)c1. The van der Waals surface area contributed by atoms with Crippen LogP contribution in [0.15, 0.2) is 58.3 Å². The Hall–Kier alpha value is -1.32. The van der Waals surface area contributed by atoms with E-state index in [9.17, 15) is 4.39 Å². The van der Waals surface area contributed by atoms with Crippen LogP contribution in [0, 0.1) is 5.82 Å². The van der Waals surface area contributed by atoms with Crippen LogP contribution in [0.2, 0.25) is 0 Å². The fourth-order valence-electron chi connectivity index (χ4n) is 1.76. The van der Waals surface area contributed by atoms with Crippen molar-refractivity contribution in [3.8, 4) is 0 Å². The third kappa shape index (κ3) is 4.37. The Morgan fingerprint density at radius 3 is 2.58 bits per heavy atom. The van der Waals surface area contributed by atoms with Crippen LogP contribution in [0.3, 0.4) is 0 Å². The van der Waals surface area contributed by atoms with E-state index in [0.717, 1.165) is 30.0 Å². The van der Waals surface area contributed by atoms with Crippen molar-refractivity contribution in [3.63, 3.8) is 0 Å². The lowest BCUT2D eigenvalue weighted by Gasteiger charge is -2.07. The van der Waals surface area contributed by atoms with E-state index >= 15 is 0 Å². The molecule has 0 aliphatic carbocycles. The molecule has 2 aromatic rings. The molecule has 100 valence electrons. The molecule has 3 heteroatoms. The van der Waals surface area contributed by atoms with Crippen molar-refractivity contribution < 1.29 is 4.39 Å². The van der Waals surface area contributed by atoms with Crippen molar-refractivity contribution in [1.82, 2.24) is 5.32 Å². The first-order chi connectivity index (χ1) is 9.29. The molecule has 2 rings (SSSR count). The zero-order chi connectivity index (χ0) is 13.5. The largest absolute Gasteiger partial charge is 0.313 e. The number of hydrogen-bond donors (Lipinski definition) is 1. The molecular weight excluding hydrogens is 257 g/mol. The fourth-order valence-corrected chi connectivity index (χ4v) is 2.60. The topological polar surface area (TPSA) is 12.0 Å². The van der Waals surface area contributed by atoms with Crippen LogP contribution in [-0.2, 0) is 6.54 Å². The highest BCUT2D eigenvalue weighted by atomic mass is 32.2. The standard InChI is InChI=1S/C16H18FNS/c1-2-10-18-12-13-8-9-16(15(17)11-13)19-14-6-4-3-5-7-14/h3-9,11,18H,2,10,12H2,1H3. The first kappa shape index (κ1) is 14.1. The molecule has 0 spiro atoms. The first-order valence-corrected chi connectivity index (χ1v) is 7.33. The minimum Gasteiger partial charge on any atom is -0.313 e. The Morgan fingerprint density at radius 2 is 1.89 bits per heavy atom. The van der Waals surface area contributed by atoms with E-state index in [-0.39, 0.29) is 5.82 Å². The molecule has 0 saturated carbocycles. The minimum atomic E-state index is -0.148. The smallest absolute Gasteiger partial charge is 0.137 e. The lowest BCUT2D eigenvalue weighted by atomic mass is 10.2. The van der Waals surface area contributed by atoms with Gasteiger partial charge in [-0.15, -0.1) is 0 Å². The Bertz CT molecular complexity index is 513. The summed E-state index contributed by atoms with van der Waals surface area (Å²) in [6, 6.07) is 15.3. The number of nitrogens with one attached hydrogen (secondary N) is 1. The highest BCUT2D eigenvalue weighted by molar-refractivity contribution is 7.99. The number of halogens is 1. The van der Waals surface area contributed by atoms with Gasteiger partial charge in [-0.05, 0) is 42.8 Å². The molecule has 0 bridgehead atoms. The van der Waals surface area contributed by atoms with Crippen LogP contribution in [0.1, 0.15) is 18.9 Å². The summed E-state index contributed by atoms with van der Waals surface area (Å²) in [4.78, 5) is 1.73. The second-order valence-corrected chi connectivity index (χ2v) is 5.47. The molecule has 0 unspecified atom stereocenters. The van der Waals surface area contributed by atoms with Crippen LogP contribution in [0.25, 0.3) is 0 Å². The van der Waals surface area contributed by atoms with Gasteiger partial charge in [0, 0.05) is 16.3 Å². The number of rotatable bonds is 6. The molecule has 0 aromatic heterocycles. The van der Waals surface area contributed by atoms with Gasteiger partial charge in [0.1, 0.15) is 5.82 Å². The summed E-state index contributed by atoms with van der Waals surface area (Å²) in [7, 11) is 0. The summed E-state index contributed by atoms with van der Waals surface area (Å²) in [6.45, 7) is 3.80. The van der Waals surface area contributed by atoms with Crippen molar-refractivity contribution in [3.05, 3.63) is 59.9 Å². The van der Waals surface area contributed by atoms with Crippen LogP contribution >= 0.6 is 11.8 Å². The average molecular weight is 275 g/mol. The molecule has 0 fully saturated rings. The van der Waals surface area contributed by atoms with E-state index in [1.807, 2.05) is 42.5 Å². The predicted octanol–water partition coefficient (Wildman–Crippen LogP) is 4.48. The third-order valence-electron chi connectivity index (χ3n) is 2.72. The predicted molar refractivity (Wildman–Crippen MR) is 79.0 cm³/mol. The molecule has 0 aliphatic rings. The zero-order valence-corrected chi connectivity index (χ0v) is 11.8. The van der Waals surface area contributed by atoms with E-state index < -0.39 is 0 Å². The molecule has 1 N–H and O–H groups in total. The Balaban J connectivity index is 2.03. The van der Waals surface area contributed by atoms with Crippen LogP contribution < -0.4 is 5.32 Å². The van der Waals surface area contributed by atoms with Crippen molar-refractivity contribution in [1.29, 1.82) is 0 Å². The lowest BCUT2D eigenvalue weighted by Crippen LogP contribution is -2.13. The fraction of sp³-hybridized carbons (Fsp3) is 0.250. The molecule has 0 aliphatic heterocycles. The molecule has 0 heterocycles. The third-order valence-corrected chi connectivity index (χ3v) is 3.78. The maximum Gasteiger partial charge on any atom is 0.137 e. The van der Waals surface area contributed by atoms with Crippen LogP contribution in [0.4, 0.5) is 4.39 Å². The second kappa shape index (κ2) is 7.31. The average Bonchev–Trinajstić information content (AvgIpc) is 2.43. The normalized spacial score (nSPS) is 10.6. The van der Waals surface area contributed by atoms with E-state index in [0.29, 0.717) is 4.90 Å². The highest BCUT2D eigenvalue weighted by Gasteiger charge is 2.05. The van der Waals surface area contributed by atoms with Crippen molar-refractivity contribution >= 4 is 11.8 Å². The van der Waals surface area contributed by atoms with Gasteiger partial charge in [-0.3, -0.25) is 0 Å². The van der Waals surface area contributed by atoms with E-state index in [4.69, 9.17) is 0 Å². The molecule has 0 amide bonds. The number of hydrogen-bond acceptors (Lipinski definition) is 2. The quantitative estimate of drug-likeness (QED) is 0.780. The summed E-state index contributed by atoms with van der Waals surface area (Å²) in [6.07, 6.45) is 1.09. The Labute approximate surface area is 118 Å². The summed E-state index contributed by atoms with van der Waals surface area (Å²) in [5.41, 5.74) is 0.989. The van der Waals surface area contributed by atoms with Gasteiger partial charge in [-0.2, -0.15) is 0 Å². The molecule has 0 atom stereocenters. The van der Waals surface area contributed by atoms with E-state index in [1.54, 1.807) is 6.07 Å². The Kier molecular flexibility index (Phi) is 5.43. The van der Waals surface area contributed by atoms with Gasteiger partial charge in [-0.25, -0.2) is 4.39 Å². The molecule has 19 heavy (non-hydrogen) atoms. The van der Waals surface area contributed by atoms with Gasteiger partial charge in [0.05, 0.1) is 0 Å². The summed E-state index contributed by atoms with van der Waals surface area (Å²) in [5.74, 6) is -0.148. The monoisotopic (exact) mass is 275 g/mol. The van der Waals surface area contributed by atoms with Gasteiger partial charge in [0.25, 0.3) is 0 Å². The molecular formula is C16H18FNS. The van der Waals surface area contributed by atoms with Gasteiger partial charge in [-0.1, -0.05) is 43.0 Å². The molecule has 0 radical (unpaired) electrons. The van der Waals surface area contributed by atoms with Crippen molar-refractivity contribution in [2.75, 3.05) is 6.54 Å². The second-order valence-electron chi connectivity index (χ2n) is 4.36. The minimum absolute atomic E-state index is 0.148. The molecule has 1 nitrogen and oxygen atoms in total. The lowest BCUT2D eigenvalue weighted by molar-refractivity contribution is 0.595. The highest BCUT2D eigenvalue weighted by Crippen LogP contribution is 2.29. The summed E-state index contributed by atoms with van der Waals surface area (Å²) in [5, 5.41) is 3.27. The zero-order valence-electron chi connectivity index (χ0n) is 11.0. The molecule has 0 saturated heterocycles. The van der Waals surface area contributed by atoms with Crippen molar-refractivity contribution in [2.24, 2.45) is 0 Å². The van der Waals surface area contributed by atoms with Gasteiger partial charge in [0.2, 0.25) is 0 Å². The van der Waals surface area contributed by atoms with Gasteiger partial charge in [0.15, 0.2) is 0 Å². The van der Waals surface area contributed by atoms with Gasteiger partial charge < -0.3 is 5.32 Å². The van der Waals surface area contributed by atoms with Crippen molar-refractivity contribution in [2.45, 2.75) is 29.7 Å². The van der Waals surface area contributed by atoms with Crippen LogP contribution in [-0.4, -0.2) is 6.54 Å². The van der Waals surface area contributed by atoms with Gasteiger partial charge >= 0.3 is 0 Å².